The van der Waals surface area contributed by atoms with Crippen LogP contribution in [0.5, 0.6) is 11.5 Å². The minimum absolute atomic E-state index is 0.240. The zero-order valence-corrected chi connectivity index (χ0v) is 12.6. The van der Waals surface area contributed by atoms with Gasteiger partial charge >= 0.3 is 0 Å². The van der Waals surface area contributed by atoms with E-state index in [0.29, 0.717) is 13.2 Å². The Morgan fingerprint density at radius 1 is 1.09 bits per heavy atom. The summed E-state index contributed by atoms with van der Waals surface area (Å²) in [6.45, 7) is 4.04. The quantitative estimate of drug-likeness (QED) is 0.758. The van der Waals surface area contributed by atoms with Crippen LogP contribution in [0.2, 0.25) is 0 Å². The lowest BCUT2D eigenvalue weighted by Gasteiger charge is -2.10. The third-order valence-electron chi connectivity index (χ3n) is 3.83. The van der Waals surface area contributed by atoms with Crippen LogP contribution in [0.15, 0.2) is 48.5 Å². The standard InChI is InChI=1S/C18H20N2O2/c1-2-20-15(12-22-17-7-5-16(21)6-8-17)10-14-4-3-13(11-19)9-18(14)20/h3-10,21H,2,11-12,19H2,1H3. The Kier molecular flexibility index (Phi) is 4.02. The number of phenols is 1. The molecule has 3 N–H and O–H groups in total. The summed E-state index contributed by atoms with van der Waals surface area (Å²) in [6.07, 6.45) is 0. The molecule has 4 nitrogen and oxygen atoms in total. The molecule has 0 aliphatic rings. The van der Waals surface area contributed by atoms with Crippen LogP contribution in [-0.2, 0) is 19.7 Å². The summed E-state index contributed by atoms with van der Waals surface area (Å²) in [5.41, 5.74) is 9.18. The van der Waals surface area contributed by atoms with Gasteiger partial charge in [0.2, 0.25) is 0 Å². The van der Waals surface area contributed by atoms with Gasteiger partial charge in [-0.1, -0.05) is 12.1 Å². The monoisotopic (exact) mass is 296 g/mol. The molecule has 4 heteroatoms. The number of benzene rings is 2. The molecule has 2 aromatic carbocycles. The van der Waals surface area contributed by atoms with Crippen molar-refractivity contribution >= 4 is 10.9 Å². The largest absolute Gasteiger partial charge is 0.508 e. The molecule has 0 amide bonds. The lowest BCUT2D eigenvalue weighted by molar-refractivity contribution is 0.295. The van der Waals surface area contributed by atoms with E-state index in [1.165, 1.54) is 10.9 Å². The second-order valence-corrected chi connectivity index (χ2v) is 5.26. The molecule has 0 aliphatic carbocycles. The van der Waals surface area contributed by atoms with Crippen LogP contribution in [0, 0.1) is 0 Å². The fraction of sp³-hybridized carbons (Fsp3) is 0.222. The fourth-order valence-electron chi connectivity index (χ4n) is 2.68. The predicted octanol–water partition coefficient (Wildman–Crippen LogP) is 3.40. The number of nitrogens with two attached hydrogens (primary N) is 1. The van der Waals surface area contributed by atoms with E-state index >= 15 is 0 Å². The molecule has 1 heterocycles. The van der Waals surface area contributed by atoms with Gasteiger partial charge in [-0.2, -0.15) is 0 Å². The molecule has 0 atom stereocenters. The molecule has 0 fully saturated rings. The van der Waals surface area contributed by atoms with Gasteiger partial charge in [-0.25, -0.2) is 0 Å². The Morgan fingerprint density at radius 2 is 1.86 bits per heavy atom. The molecule has 1 aromatic heterocycles. The van der Waals surface area contributed by atoms with Gasteiger partial charge in [-0.05, 0) is 48.9 Å². The summed E-state index contributed by atoms with van der Waals surface area (Å²) in [7, 11) is 0. The zero-order chi connectivity index (χ0) is 15.5. The third-order valence-corrected chi connectivity index (χ3v) is 3.83. The second kappa shape index (κ2) is 6.12. The van der Waals surface area contributed by atoms with E-state index in [1.54, 1.807) is 24.3 Å². The molecule has 3 rings (SSSR count). The van der Waals surface area contributed by atoms with Crippen molar-refractivity contribution in [2.24, 2.45) is 5.73 Å². The first-order chi connectivity index (χ1) is 10.7. The number of nitrogens with zero attached hydrogens (tertiary/aromatic N) is 1. The first-order valence-electron chi connectivity index (χ1n) is 7.44. The number of hydrogen-bond acceptors (Lipinski definition) is 3. The molecule has 0 aliphatic heterocycles. The Hall–Kier alpha value is -2.46. The van der Waals surface area contributed by atoms with Crippen molar-refractivity contribution in [3.63, 3.8) is 0 Å². The zero-order valence-electron chi connectivity index (χ0n) is 12.6. The number of aryl methyl sites for hydroxylation is 1. The van der Waals surface area contributed by atoms with Crippen molar-refractivity contribution in [1.29, 1.82) is 0 Å². The van der Waals surface area contributed by atoms with Crippen molar-refractivity contribution < 1.29 is 9.84 Å². The molecule has 3 aromatic rings. The van der Waals surface area contributed by atoms with Gasteiger partial charge in [0, 0.05) is 24.0 Å². The maximum Gasteiger partial charge on any atom is 0.128 e. The highest BCUT2D eigenvalue weighted by atomic mass is 16.5. The van der Waals surface area contributed by atoms with Gasteiger partial charge in [0.15, 0.2) is 0 Å². The van der Waals surface area contributed by atoms with Crippen molar-refractivity contribution in [3.05, 3.63) is 59.8 Å². The first kappa shape index (κ1) is 14.5. The summed E-state index contributed by atoms with van der Waals surface area (Å²) < 4.78 is 8.06. The molecule has 0 spiro atoms. The van der Waals surface area contributed by atoms with Crippen LogP contribution >= 0.6 is 0 Å². The smallest absolute Gasteiger partial charge is 0.128 e. The minimum Gasteiger partial charge on any atom is -0.508 e. The van der Waals surface area contributed by atoms with E-state index in [2.05, 4.69) is 35.8 Å². The summed E-state index contributed by atoms with van der Waals surface area (Å²) >= 11 is 0. The second-order valence-electron chi connectivity index (χ2n) is 5.26. The predicted molar refractivity (Wildman–Crippen MR) is 87.9 cm³/mol. The first-order valence-corrected chi connectivity index (χ1v) is 7.44. The van der Waals surface area contributed by atoms with Gasteiger partial charge in [0.1, 0.15) is 18.1 Å². The molecule has 0 bridgehead atoms. The van der Waals surface area contributed by atoms with Gasteiger partial charge in [0.05, 0.1) is 5.69 Å². The average Bonchev–Trinajstić information content (AvgIpc) is 2.90. The van der Waals surface area contributed by atoms with Gasteiger partial charge in [-0.3, -0.25) is 0 Å². The van der Waals surface area contributed by atoms with Crippen LogP contribution in [-0.4, -0.2) is 9.67 Å². The molecule has 114 valence electrons. The molecule has 0 unspecified atom stereocenters. The van der Waals surface area contributed by atoms with Crippen LogP contribution < -0.4 is 10.5 Å². The maximum atomic E-state index is 9.30. The third kappa shape index (κ3) is 2.78. The number of aromatic nitrogens is 1. The highest BCUT2D eigenvalue weighted by Gasteiger charge is 2.09. The lowest BCUT2D eigenvalue weighted by atomic mass is 10.1. The van der Waals surface area contributed by atoms with Crippen LogP contribution in [0.25, 0.3) is 10.9 Å². The van der Waals surface area contributed by atoms with Crippen LogP contribution in [0.3, 0.4) is 0 Å². The maximum absolute atomic E-state index is 9.30. The number of phenolic OH excluding ortho intramolecular Hbond substituents is 1. The van der Waals surface area contributed by atoms with Crippen LogP contribution in [0.1, 0.15) is 18.2 Å². The molecule has 0 saturated heterocycles. The van der Waals surface area contributed by atoms with Gasteiger partial charge in [0.25, 0.3) is 0 Å². The molecular weight excluding hydrogens is 276 g/mol. The van der Waals surface area contributed by atoms with Gasteiger partial charge in [-0.15, -0.1) is 0 Å². The van der Waals surface area contributed by atoms with Crippen molar-refractivity contribution in [2.75, 3.05) is 0 Å². The number of hydrogen-bond donors (Lipinski definition) is 2. The number of ether oxygens (including phenoxy) is 1. The Labute approximate surface area is 129 Å². The van der Waals surface area contributed by atoms with E-state index < -0.39 is 0 Å². The minimum atomic E-state index is 0.240. The van der Waals surface area contributed by atoms with E-state index in [9.17, 15) is 5.11 Å². The SMILES string of the molecule is CCn1c(COc2ccc(O)cc2)cc2ccc(CN)cc21. The summed E-state index contributed by atoms with van der Waals surface area (Å²) in [5, 5.41) is 10.5. The van der Waals surface area contributed by atoms with Gasteiger partial charge < -0.3 is 20.1 Å². The van der Waals surface area contributed by atoms with E-state index in [-0.39, 0.29) is 5.75 Å². The van der Waals surface area contributed by atoms with E-state index in [1.807, 2.05) is 0 Å². The summed E-state index contributed by atoms with van der Waals surface area (Å²) in [6, 6.07) is 15.2. The van der Waals surface area contributed by atoms with Crippen molar-refractivity contribution in [1.82, 2.24) is 4.57 Å². The number of fused-ring (bicyclic) bond motifs is 1. The topological polar surface area (TPSA) is 60.4 Å². The van der Waals surface area contributed by atoms with Crippen LogP contribution in [0.4, 0.5) is 0 Å². The lowest BCUT2D eigenvalue weighted by Crippen LogP contribution is -2.05. The Morgan fingerprint density at radius 3 is 2.55 bits per heavy atom. The van der Waals surface area contributed by atoms with Crippen molar-refractivity contribution in [2.45, 2.75) is 26.6 Å². The molecular formula is C18H20N2O2. The highest BCUT2D eigenvalue weighted by molar-refractivity contribution is 5.82. The summed E-state index contributed by atoms with van der Waals surface area (Å²) in [4.78, 5) is 0. The van der Waals surface area contributed by atoms with Crippen molar-refractivity contribution in [3.8, 4) is 11.5 Å². The normalized spacial score (nSPS) is 11.0. The highest BCUT2D eigenvalue weighted by Crippen LogP contribution is 2.23. The number of aromatic hydroxyl groups is 1. The van der Waals surface area contributed by atoms with E-state index in [4.69, 9.17) is 10.5 Å². The average molecular weight is 296 g/mol. The fourth-order valence-corrected chi connectivity index (χ4v) is 2.68. The Bertz CT molecular complexity index is 776. The Balaban J connectivity index is 1.88. The molecule has 0 saturated carbocycles. The molecule has 0 radical (unpaired) electrons. The summed E-state index contributed by atoms with van der Waals surface area (Å²) in [5.74, 6) is 0.984. The number of rotatable bonds is 5. The molecule has 22 heavy (non-hydrogen) atoms. The van der Waals surface area contributed by atoms with E-state index in [0.717, 1.165) is 23.6 Å².